The van der Waals surface area contributed by atoms with Gasteiger partial charge in [-0.25, -0.2) is 4.98 Å². The summed E-state index contributed by atoms with van der Waals surface area (Å²) in [6, 6.07) is 10.8. The number of aromatic nitrogens is 1. The van der Waals surface area contributed by atoms with E-state index in [0.717, 1.165) is 0 Å². The van der Waals surface area contributed by atoms with E-state index in [9.17, 15) is 9.59 Å². The van der Waals surface area contributed by atoms with Crippen molar-refractivity contribution in [1.29, 1.82) is 0 Å². The van der Waals surface area contributed by atoms with Crippen molar-refractivity contribution < 1.29 is 14.3 Å². The Balaban J connectivity index is 1.59. The van der Waals surface area contributed by atoms with E-state index in [0.29, 0.717) is 33.7 Å². The quantitative estimate of drug-likeness (QED) is 0.641. The van der Waals surface area contributed by atoms with Gasteiger partial charge in [0.25, 0.3) is 5.91 Å². The molecule has 6 nitrogen and oxygen atoms in total. The highest BCUT2D eigenvalue weighted by Crippen LogP contribution is 2.24. The Morgan fingerprint density at radius 2 is 1.96 bits per heavy atom. The lowest BCUT2D eigenvalue weighted by atomic mass is 10.2. The zero-order valence-corrected chi connectivity index (χ0v) is 15.7. The van der Waals surface area contributed by atoms with Crippen LogP contribution in [0.15, 0.2) is 47.2 Å². The first kappa shape index (κ1) is 18.1. The summed E-state index contributed by atoms with van der Waals surface area (Å²) in [5.74, 6) is 0.236. The molecule has 3 rings (SSSR count). The fourth-order valence-electron chi connectivity index (χ4n) is 2.22. The molecule has 2 aromatic heterocycles. The molecule has 0 saturated heterocycles. The molecule has 2 N–H and O–H groups in total. The largest absolute Gasteiger partial charge is 0.492 e. The van der Waals surface area contributed by atoms with Crippen molar-refractivity contribution in [2.75, 3.05) is 17.2 Å². The number of benzene rings is 1. The Morgan fingerprint density at radius 3 is 2.73 bits per heavy atom. The molecule has 134 valence electrons. The number of amides is 2. The maximum absolute atomic E-state index is 12.3. The second-order valence-electron chi connectivity index (χ2n) is 5.23. The highest BCUT2D eigenvalue weighted by Gasteiger charge is 2.13. The fraction of sp³-hybridized carbons (Fsp3) is 0.167. The van der Waals surface area contributed by atoms with Gasteiger partial charge in [-0.2, -0.15) is 0 Å². The average molecular weight is 387 g/mol. The first-order chi connectivity index (χ1) is 12.7. The third-order valence-electron chi connectivity index (χ3n) is 3.32. The molecule has 0 saturated carbocycles. The van der Waals surface area contributed by atoms with Crippen molar-refractivity contribution in [3.05, 3.63) is 57.7 Å². The Hall–Kier alpha value is -2.71. The lowest BCUT2D eigenvalue weighted by Crippen LogP contribution is -2.15. The zero-order chi connectivity index (χ0) is 18.4. The van der Waals surface area contributed by atoms with Gasteiger partial charge in [0.05, 0.1) is 29.3 Å². The molecule has 0 atom stereocenters. The van der Waals surface area contributed by atoms with Gasteiger partial charge in [0.1, 0.15) is 5.75 Å². The predicted molar refractivity (Wildman–Crippen MR) is 104 cm³/mol. The number of rotatable bonds is 7. The standard InChI is InChI=1S/C18H17N3O3S2/c1-2-24-14-7-4-3-6-13(14)20-16(22)10-12-11-26-18(19-12)21-17(23)15-8-5-9-25-15/h3-9,11H,2,10H2,1H3,(H,20,22)(H,19,21,23). The van der Waals surface area contributed by atoms with E-state index in [1.807, 2.05) is 30.5 Å². The number of para-hydroxylation sites is 2. The second-order valence-corrected chi connectivity index (χ2v) is 7.04. The van der Waals surface area contributed by atoms with Crippen LogP contribution in [0.4, 0.5) is 10.8 Å². The van der Waals surface area contributed by atoms with E-state index in [1.54, 1.807) is 23.6 Å². The van der Waals surface area contributed by atoms with Crippen LogP contribution in [0.2, 0.25) is 0 Å². The molecule has 3 aromatic rings. The van der Waals surface area contributed by atoms with E-state index in [1.165, 1.54) is 22.7 Å². The van der Waals surface area contributed by atoms with Crippen LogP contribution >= 0.6 is 22.7 Å². The average Bonchev–Trinajstić information content (AvgIpc) is 3.29. The van der Waals surface area contributed by atoms with Gasteiger partial charge < -0.3 is 10.1 Å². The summed E-state index contributed by atoms with van der Waals surface area (Å²) in [5, 5.41) is 9.65. The van der Waals surface area contributed by atoms with Gasteiger partial charge in [0.2, 0.25) is 5.91 Å². The van der Waals surface area contributed by atoms with Crippen LogP contribution in [-0.2, 0) is 11.2 Å². The van der Waals surface area contributed by atoms with Crippen molar-refractivity contribution in [2.45, 2.75) is 13.3 Å². The van der Waals surface area contributed by atoms with Gasteiger partial charge in [0.15, 0.2) is 5.13 Å². The van der Waals surface area contributed by atoms with Gasteiger partial charge in [-0.1, -0.05) is 18.2 Å². The van der Waals surface area contributed by atoms with Crippen molar-refractivity contribution >= 4 is 45.3 Å². The number of hydrogen-bond donors (Lipinski definition) is 2. The van der Waals surface area contributed by atoms with Crippen LogP contribution in [0.1, 0.15) is 22.3 Å². The van der Waals surface area contributed by atoms with Crippen molar-refractivity contribution in [1.82, 2.24) is 4.98 Å². The summed E-state index contributed by atoms with van der Waals surface area (Å²) in [6.07, 6.45) is 0.117. The summed E-state index contributed by atoms with van der Waals surface area (Å²) >= 11 is 2.65. The Kier molecular flexibility index (Phi) is 5.98. The summed E-state index contributed by atoms with van der Waals surface area (Å²) in [4.78, 5) is 29.2. The Labute approximate surface area is 158 Å². The molecule has 0 aliphatic rings. The number of ether oxygens (including phenoxy) is 1. The van der Waals surface area contributed by atoms with Crippen LogP contribution in [0.3, 0.4) is 0 Å². The Bertz CT molecular complexity index is 891. The SMILES string of the molecule is CCOc1ccccc1NC(=O)Cc1csc(NC(=O)c2cccs2)n1. The zero-order valence-electron chi connectivity index (χ0n) is 14.0. The van der Waals surface area contributed by atoms with Gasteiger partial charge in [-0.15, -0.1) is 22.7 Å². The maximum Gasteiger partial charge on any atom is 0.267 e. The number of anilines is 2. The number of carbonyl (C=O) groups excluding carboxylic acids is 2. The van der Waals surface area contributed by atoms with E-state index in [-0.39, 0.29) is 18.2 Å². The van der Waals surface area contributed by atoms with Gasteiger partial charge in [0, 0.05) is 5.38 Å². The first-order valence-corrected chi connectivity index (χ1v) is 9.72. The molecule has 1 aromatic carbocycles. The molecule has 2 heterocycles. The van der Waals surface area contributed by atoms with E-state index in [4.69, 9.17) is 4.74 Å². The Morgan fingerprint density at radius 1 is 1.12 bits per heavy atom. The number of thiophene rings is 1. The summed E-state index contributed by atoms with van der Waals surface area (Å²) in [7, 11) is 0. The highest BCUT2D eigenvalue weighted by molar-refractivity contribution is 7.14. The van der Waals surface area contributed by atoms with Gasteiger partial charge in [-0.05, 0) is 30.5 Å². The van der Waals surface area contributed by atoms with E-state index in [2.05, 4.69) is 15.6 Å². The lowest BCUT2D eigenvalue weighted by molar-refractivity contribution is -0.115. The molecule has 0 fully saturated rings. The van der Waals surface area contributed by atoms with Crippen molar-refractivity contribution in [3.8, 4) is 5.75 Å². The van der Waals surface area contributed by atoms with Crippen molar-refractivity contribution in [3.63, 3.8) is 0 Å². The maximum atomic E-state index is 12.3. The molecule has 8 heteroatoms. The predicted octanol–water partition coefficient (Wildman–Crippen LogP) is 4.04. The smallest absolute Gasteiger partial charge is 0.267 e. The second kappa shape index (κ2) is 8.59. The molecular formula is C18H17N3O3S2. The van der Waals surface area contributed by atoms with E-state index >= 15 is 0 Å². The van der Waals surface area contributed by atoms with Crippen LogP contribution in [0.25, 0.3) is 0 Å². The number of nitrogens with one attached hydrogen (secondary N) is 2. The number of nitrogens with zero attached hydrogens (tertiary/aromatic N) is 1. The van der Waals surface area contributed by atoms with Crippen LogP contribution in [0.5, 0.6) is 5.75 Å². The van der Waals surface area contributed by atoms with Crippen LogP contribution in [0, 0.1) is 0 Å². The fourth-order valence-corrected chi connectivity index (χ4v) is 3.55. The molecule has 26 heavy (non-hydrogen) atoms. The molecule has 0 aliphatic carbocycles. The molecule has 2 amide bonds. The summed E-state index contributed by atoms with van der Waals surface area (Å²) in [5.41, 5.74) is 1.23. The molecular weight excluding hydrogens is 370 g/mol. The molecule has 0 radical (unpaired) electrons. The lowest BCUT2D eigenvalue weighted by Gasteiger charge is -2.10. The van der Waals surface area contributed by atoms with Gasteiger partial charge >= 0.3 is 0 Å². The van der Waals surface area contributed by atoms with E-state index < -0.39 is 0 Å². The molecule has 0 aliphatic heterocycles. The number of hydrogen-bond acceptors (Lipinski definition) is 6. The molecule has 0 unspecified atom stereocenters. The monoisotopic (exact) mass is 387 g/mol. The third kappa shape index (κ3) is 4.68. The van der Waals surface area contributed by atoms with Gasteiger partial charge in [-0.3, -0.25) is 14.9 Å². The third-order valence-corrected chi connectivity index (χ3v) is 5.00. The van der Waals surface area contributed by atoms with Crippen LogP contribution in [-0.4, -0.2) is 23.4 Å². The number of thiazole rings is 1. The topological polar surface area (TPSA) is 80.3 Å². The number of carbonyl (C=O) groups is 2. The first-order valence-electron chi connectivity index (χ1n) is 7.96. The van der Waals surface area contributed by atoms with Crippen molar-refractivity contribution in [2.24, 2.45) is 0 Å². The molecule has 0 spiro atoms. The summed E-state index contributed by atoms with van der Waals surface area (Å²) in [6.45, 7) is 2.41. The normalized spacial score (nSPS) is 10.3. The highest BCUT2D eigenvalue weighted by atomic mass is 32.1. The summed E-state index contributed by atoms with van der Waals surface area (Å²) < 4.78 is 5.50. The minimum absolute atomic E-state index is 0.117. The van der Waals surface area contributed by atoms with Crippen LogP contribution < -0.4 is 15.4 Å². The minimum atomic E-state index is -0.198. The molecule has 0 bridgehead atoms. The minimum Gasteiger partial charge on any atom is -0.492 e.